The average Bonchev–Trinajstić information content (AvgIpc) is 2.88. The lowest BCUT2D eigenvalue weighted by molar-refractivity contribution is -0.140. The minimum atomic E-state index is -3.58. The zero-order chi connectivity index (χ0) is 15.2. The van der Waals surface area contributed by atoms with Crippen molar-refractivity contribution in [2.24, 2.45) is 5.73 Å². The summed E-state index contributed by atoms with van der Waals surface area (Å²) in [7, 11) is -2.32. The molecule has 1 rings (SSSR count). The number of ether oxygens (including phenoxy) is 1. The molecule has 0 aromatic heterocycles. The largest absolute Gasteiger partial charge is 0.469 e. The summed E-state index contributed by atoms with van der Waals surface area (Å²) in [6, 6.07) is -0.148. The van der Waals surface area contributed by atoms with E-state index in [1.54, 1.807) is 0 Å². The van der Waals surface area contributed by atoms with Crippen LogP contribution in [0.15, 0.2) is 0 Å². The van der Waals surface area contributed by atoms with Gasteiger partial charge in [-0.25, -0.2) is 8.42 Å². The van der Waals surface area contributed by atoms with Gasteiger partial charge in [-0.2, -0.15) is 4.31 Å². The fourth-order valence-electron chi connectivity index (χ4n) is 2.42. The van der Waals surface area contributed by atoms with Gasteiger partial charge in [0, 0.05) is 12.5 Å². The summed E-state index contributed by atoms with van der Waals surface area (Å²) in [6.07, 6.45) is 3.64. The summed E-state index contributed by atoms with van der Waals surface area (Å²) >= 11 is 0. The number of hydrogen-bond donors (Lipinski definition) is 1. The summed E-state index contributed by atoms with van der Waals surface area (Å²) < 4.78 is 30.3. The second-order valence-corrected chi connectivity index (χ2v) is 6.99. The highest BCUT2D eigenvalue weighted by Crippen LogP contribution is 2.26. The molecular weight excluding hydrogens is 284 g/mol. The lowest BCUT2D eigenvalue weighted by Crippen LogP contribution is -2.45. The van der Waals surface area contributed by atoms with Crippen molar-refractivity contribution in [2.45, 2.75) is 44.6 Å². The number of carbonyl (C=O) groups excluding carboxylic acids is 2. The van der Waals surface area contributed by atoms with E-state index < -0.39 is 21.9 Å². The Bertz CT molecular complexity index is 443. The third-order valence-corrected chi connectivity index (χ3v) is 5.36. The van der Waals surface area contributed by atoms with E-state index in [9.17, 15) is 18.0 Å². The van der Waals surface area contributed by atoms with Crippen molar-refractivity contribution in [1.82, 2.24) is 4.31 Å². The molecule has 0 aromatic rings. The van der Waals surface area contributed by atoms with E-state index >= 15 is 0 Å². The predicted octanol–water partition coefficient (Wildman–Crippen LogP) is -0.000700. The van der Waals surface area contributed by atoms with Crippen LogP contribution in [-0.4, -0.2) is 50.0 Å². The maximum absolute atomic E-state index is 12.3. The van der Waals surface area contributed by atoms with E-state index in [0.717, 1.165) is 25.7 Å². The standard InChI is InChI=1S/C12H22N2O5S/c1-19-12(16)7-4-8-20(17,18)14(9-11(13)15)10-5-2-3-6-10/h10H,2-9H2,1H3,(H2,13,15). The fourth-order valence-corrected chi connectivity index (χ4v) is 4.15. The highest BCUT2D eigenvalue weighted by molar-refractivity contribution is 7.89. The SMILES string of the molecule is COC(=O)CCCS(=O)(=O)N(CC(N)=O)C1CCCC1. The number of rotatable bonds is 8. The molecule has 1 amide bonds. The molecule has 0 radical (unpaired) electrons. The smallest absolute Gasteiger partial charge is 0.305 e. The Morgan fingerprint density at radius 3 is 2.40 bits per heavy atom. The molecule has 0 atom stereocenters. The van der Waals surface area contributed by atoms with Crippen molar-refractivity contribution in [3.8, 4) is 0 Å². The van der Waals surface area contributed by atoms with E-state index in [1.165, 1.54) is 11.4 Å². The molecular formula is C12H22N2O5S. The molecule has 1 saturated carbocycles. The minimum Gasteiger partial charge on any atom is -0.469 e. The number of nitrogens with two attached hydrogens (primary N) is 1. The Morgan fingerprint density at radius 1 is 1.30 bits per heavy atom. The average molecular weight is 306 g/mol. The third-order valence-electron chi connectivity index (χ3n) is 3.41. The molecule has 0 aliphatic heterocycles. The molecule has 0 saturated heterocycles. The molecule has 0 heterocycles. The minimum absolute atomic E-state index is 0.0464. The van der Waals surface area contributed by atoms with Crippen molar-refractivity contribution in [2.75, 3.05) is 19.4 Å². The number of hydrogen-bond acceptors (Lipinski definition) is 5. The van der Waals surface area contributed by atoms with E-state index in [0.29, 0.717) is 0 Å². The summed E-state index contributed by atoms with van der Waals surface area (Å²) in [5, 5.41) is 0. The Morgan fingerprint density at radius 2 is 1.90 bits per heavy atom. The molecule has 0 spiro atoms. The monoisotopic (exact) mass is 306 g/mol. The molecule has 8 heteroatoms. The van der Waals surface area contributed by atoms with E-state index in [4.69, 9.17) is 5.73 Å². The second kappa shape index (κ2) is 7.58. The van der Waals surface area contributed by atoms with Crippen LogP contribution in [0.25, 0.3) is 0 Å². The lowest BCUT2D eigenvalue weighted by atomic mass is 10.2. The molecule has 2 N–H and O–H groups in total. The zero-order valence-electron chi connectivity index (χ0n) is 11.7. The third kappa shape index (κ3) is 5.09. The predicted molar refractivity (Wildman–Crippen MR) is 73.2 cm³/mol. The Labute approximate surface area is 119 Å². The van der Waals surface area contributed by atoms with Crippen LogP contribution >= 0.6 is 0 Å². The van der Waals surface area contributed by atoms with Crippen LogP contribution in [0.2, 0.25) is 0 Å². The zero-order valence-corrected chi connectivity index (χ0v) is 12.5. The Hall–Kier alpha value is -1.15. The van der Waals surface area contributed by atoms with Gasteiger partial charge in [0.15, 0.2) is 0 Å². The highest BCUT2D eigenvalue weighted by Gasteiger charge is 2.32. The number of methoxy groups -OCH3 is 1. The molecule has 0 unspecified atom stereocenters. The number of primary amides is 1. The van der Waals surface area contributed by atoms with E-state index in [2.05, 4.69) is 4.74 Å². The van der Waals surface area contributed by atoms with Crippen molar-refractivity contribution < 1.29 is 22.7 Å². The molecule has 7 nitrogen and oxygen atoms in total. The molecule has 1 fully saturated rings. The molecule has 20 heavy (non-hydrogen) atoms. The summed E-state index contributed by atoms with van der Waals surface area (Å²) in [6.45, 7) is -0.286. The van der Waals surface area contributed by atoms with Crippen LogP contribution in [0.5, 0.6) is 0 Å². The van der Waals surface area contributed by atoms with Gasteiger partial charge in [0.25, 0.3) is 0 Å². The van der Waals surface area contributed by atoms with Gasteiger partial charge >= 0.3 is 5.97 Å². The first kappa shape index (κ1) is 16.9. The van der Waals surface area contributed by atoms with Gasteiger partial charge in [-0.1, -0.05) is 12.8 Å². The van der Waals surface area contributed by atoms with Crippen molar-refractivity contribution in [1.29, 1.82) is 0 Å². The first-order valence-electron chi connectivity index (χ1n) is 6.71. The molecule has 1 aliphatic rings. The number of sulfonamides is 1. The summed E-state index contributed by atoms with van der Waals surface area (Å²) in [5.74, 6) is -1.28. The normalized spacial score (nSPS) is 16.5. The number of amides is 1. The van der Waals surface area contributed by atoms with Crippen LogP contribution in [0.4, 0.5) is 0 Å². The van der Waals surface area contributed by atoms with Gasteiger partial charge in [-0.05, 0) is 19.3 Å². The van der Waals surface area contributed by atoms with Gasteiger partial charge in [0.05, 0.1) is 19.4 Å². The molecule has 116 valence electrons. The van der Waals surface area contributed by atoms with Crippen LogP contribution < -0.4 is 5.73 Å². The maximum atomic E-state index is 12.3. The van der Waals surface area contributed by atoms with Gasteiger partial charge in [0.1, 0.15) is 0 Å². The summed E-state index contributed by atoms with van der Waals surface area (Å²) in [4.78, 5) is 22.1. The van der Waals surface area contributed by atoms with Crippen LogP contribution in [-0.2, 0) is 24.3 Å². The molecule has 0 bridgehead atoms. The first-order chi connectivity index (χ1) is 9.36. The van der Waals surface area contributed by atoms with Crippen LogP contribution in [0.1, 0.15) is 38.5 Å². The fraction of sp³-hybridized carbons (Fsp3) is 0.833. The second-order valence-electron chi connectivity index (χ2n) is 4.95. The highest BCUT2D eigenvalue weighted by atomic mass is 32.2. The van der Waals surface area contributed by atoms with Crippen LogP contribution in [0, 0.1) is 0 Å². The maximum Gasteiger partial charge on any atom is 0.305 e. The van der Waals surface area contributed by atoms with Gasteiger partial charge < -0.3 is 10.5 Å². The van der Waals surface area contributed by atoms with Gasteiger partial charge in [-0.15, -0.1) is 0 Å². The van der Waals surface area contributed by atoms with E-state index in [1.807, 2.05) is 0 Å². The number of nitrogens with zero attached hydrogens (tertiary/aromatic N) is 1. The van der Waals surface area contributed by atoms with Crippen molar-refractivity contribution in [3.05, 3.63) is 0 Å². The van der Waals surface area contributed by atoms with Crippen molar-refractivity contribution in [3.63, 3.8) is 0 Å². The molecule has 1 aliphatic carbocycles. The molecule has 0 aromatic carbocycles. The number of carbonyl (C=O) groups is 2. The van der Waals surface area contributed by atoms with Gasteiger partial charge in [-0.3, -0.25) is 9.59 Å². The Kier molecular flexibility index (Phi) is 6.41. The quantitative estimate of drug-likeness (QED) is 0.635. The van der Waals surface area contributed by atoms with Gasteiger partial charge in [0.2, 0.25) is 15.9 Å². The van der Waals surface area contributed by atoms with Crippen molar-refractivity contribution >= 4 is 21.9 Å². The summed E-state index contributed by atoms with van der Waals surface area (Å²) in [5.41, 5.74) is 5.14. The first-order valence-corrected chi connectivity index (χ1v) is 8.32. The lowest BCUT2D eigenvalue weighted by Gasteiger charge is -2.26. The van der Waals surface area contributed by atoms with Crippen LogP contribution in [0.3, 0.4) is 0 Å². The Balaban J connectivity index is 2.66. The van der Waals surface area contributed by atoms with E-state index in [-0.39, 0.29) is 31.2 Å². The number of esters is 1. The topological polar surface area (TPSA) is 107 Å².